The van der Waals surface area contributed by atoms with Crippen LogP contribution in [0.4, 0.5) is 5.69 Å². The molecule has 1 aliphatic rings. The Morgan fingerprint density at radius 3 is 2.61 bits per heavy atom. The largest absolute Gasteiger partial charge is 0.399 e. The number of nitrogen functional groups attached to an aromatic ring is 1. The summed E-state index contributed by atoms with van der Waals surface area (Å²) in [4.78, 5) is 0. The van der Waals surface area contributed by atoms with Crippen LogP contribution in [0, 0.1) is 0 Å². The molecule has 1 aromatic rings. The highest BCUT2D eigenvalue weighted by molar-refractivity contribution is 7.89. The van der Waals surface area contributed by atoms with Gasteiger partial charge in [-0.1, -0.05) is 19.1 Å². The molecule has 0 amide bonds. The number of anilines is 1. The fourth-order valence-corrected chi connectivity index (χ4v) is 4.27. The average Bonchev–Trinajstić information content (AvgIpc) is 2.79. The molecular formula is C13H20N2O2S. The lowest BCUT2D eigenvalue weighted by molar-refractivity contribution is 0.396. The highest BCUT2D eigenvalue weighted by atomic mass is 32.2. The molecule has 4 nitrogen and oxygen atoms in total. The van der Waals surface area contributed by atoms with Gasteiger partial charge in [0.2, 0.25) is 10.0 Å². The predicted octanol–water partition coefficient (Wildman–Crippen LogP) is 2.15. The van der Waals surface area contributed by atoms with E-state index >= 15 is 0 Å². The van der Waals surface area contributed by atoms with E-state index in [1.54, 1.807) is 4.31 Å². The monoisotopic (exact) mass is 268 g/mol. The van der Waals surface area contributed by atoms with Crippen LogP contribution in [0.25, 0.3) is 0 Å². The molecule has 1 unspecified atom stereocenters. The molecule has 1 atom stereocenters. The van der Waals surface area contributed by atoms with Crippen LogP contribution in [0.1, 0.15) is 37.8 Å². The number of hydrogen-bond acceptors (Lipinski definition) is 3. The van der Waals surface area contributed by atoms with Gasteiger partial charge in [-0.05, 0) is 37.0 Å². The normalized spacial score (nSPS) is 21.3. The summed E-state index contributed by atoms with van der Waals surface area (Å²) < 4.78 is 26.0. The van der Waals surface area contributed by atoms with Crippen LogP contribution < -0.4 is 5.73 Å². The average molecular weight is 268 g/mol. The van der Waals surface area contributed by atoms with Crippen molar-refractivity contribution >= 4 is 15.7 Å². The van der Waals surface area contributed by atoms with Crippen LogP contribution in [0.5, 0.6) is 0 Å². The molecular weight excluding hydrogens is 248 g/mol. The second kappa shape index (κ2) is 5.28. The number of rotatable bonds is 4. The highest BCUT2D eigenvalue weighted by Gasteiger charge is 2.34. The lowest BCUT2D eigenvalue weighted by atomic mass is 10.1. The molecule has 0 saturated carbocycles. The molecule has 0 radical (unpaired) electrons. The van der Waals surface area contributed by atoms with Crippen LogP contribution in [0.3, 0.4) is 0 Å². The second-order valence-electron chi connectivity index (χ2n) is 4.75. The first kappa shape index (κ1) is 13.4. The Bertz CT molecular complexity index is 496. The minimum atomic E-state index is -3.12. The third kappa shape index (κ3) is 2.67. The zero-order valence-electron chi connectivity index (χ0n) is 10.7. The number of benzene rings is 1. The number of hydrogen-bond donors (Lipinski definition) is 1. The van der Waals surface area contributed by atoms with Crippen molar-refractivity contribution in [2.24, 2.45) is 0 Å². The van der Waals surface area contributed by atoms with Gasteiger partial charge in [-0.3, -0.25) is 0 Å². The van der Waals surface area contributed by atoms with Gasteiger partial charge < -0.3 is 5.73 Å². The van der Waals surface area contributed by atoms with Crippen molar-refractivity contribution in [3.05, 3.63) is 29.8 Å². The third-order valence-electron chi connectivity index (χ3n) is 3.34. The summed E-state index contributed by atoms with van der Waals surface area (Å²) in [5.41, 5.74) is 7.41. The van der Waals surface area contributed by atoms with Crippen LogP contribution >= 0.6 is 0 Å². The lowest BCUT2D eigenvalue weighted by Gasteiger charge is -2.24. The highest BCUT2D eigenvalue weighted by Crippen LogP contribution is 2.34. The Hall–Kier alpha value is -1.07. The van der Waals surface area contributed by atoms with Crippen LogP contribution in [-0.2, 0) is 10.0 Å². The predicted molar refractivity (Wildman–Crippen MR) is 73.6 cm³/mol. The topological polar surface area (TPSA) is 63.4 Å². The molecule has 100 valence electrons. The summed E-state index contributed by atoms with van der Waals surface area (Å²) in [6.07, 6.45) is 2.48. The summed E-state index contributed by atoms with van der Waals surface area (Å²) in [6, 6.07) is 7.51. The molecule has 0 aromatic heterocycles. The van der Waals surface area contributed by atoms with Gasteiger partial charge in [0.25, 0.3) is 0 Å². The van der Waals surface area contributed by atoms with Gasteiger partial charge in [0.1, 0.15) is 0 Å². The van der Waals surface area contributed by atoms with Crippen LogP contribution in [0.2, 0.25) is 0 Å². The van der Waals surface area contributed by atoms with Crippen molar-refractivity contribution in [3.8, 4) is 0 Å². The molecule has 2 rings (SSSR count). The van der Waals surface area contributed by atoms with E-state index in [2.05, 4.69) is 0 Å². The smallest absolute Gasteiger partial charge is 0.214 e. The minimum Gasteiger partial charge on any atom is -0.399 e. The maximum atomic E-state index is 12.2. The van der Waals surface area contributed by atoms with Gasteiger partial charge >= 0.3 is 0 Å². The molecule has 1 aliphatic heterocycles. The Morgan fingerprint density at radius 2 is 2.00 bits per heavy atom. The molecule has 1 fully saturated rings. The molecule has 1 heterocycles. The van der Waals surface area contributed by atoms with Gasteiger partial charge in [-0.25, -0.2) is 8.42 Å². The quantitative estimate of drug-likeness (QED) is 0.851. The maximum Gasteiger partial charge on any atom is 0.214 e. The molecule has 1 aromatic carbocycles. The SMILES string of the molecule is CCCS(=O)(=O)N1CCCC1c1ccc(N)cc1. The van der Waals surface area contributed by atoms with Crippen LogP contribution in [0.15, 0.2) is 24.3 Å². The van der Waals surface area contributed by atoms with E-state index in [9.17, 15) is 8.42 Å². The van der Waals surface area contributed by atoms with E-state index < -0.39 is 10.0 Å². The molecule has 0 spiro atoms. The van der Waals surface area contributed by atoms with Crippen molar-refractivity contribution < 1.29 is 8.42 Å². The van der Waals surface area contributed by atoms with E-state index in [0.717, 1.165) is 18.4 Å². The van der Waals surface area contributed by atoms with Gasteiger partial charge in [0.15, 0.2) is 0 Å². The number of nitrogens with zero attached hydrogens (tertiary/aromatic N) is 1. The summed E-state index contributed by atoms with van der Waals surface area (Å²) in [6.45, 7) is 2.53. The molecule has 18 heavy (non-hydrogen) atoms. The summed E-state index contributed by atoms with van der Waals surface area (Å²) in [5.74, 6) is 0.235. The zero-order valence-corrected chi connectivity index (χ0v) is 11.5. The van der Waals surface area contributed by atoms with E-state index in [1.165, 1.54) is 0 Å². The second-order valence-corrected chi connectivity index (χ2v) is 6.79. The standard InChI is InChI=1S/C13H20N2O2S/c1-2-10-18(16,17)15-9-3-4-13(15)11-5-7-12(14)8-6-11/h5-8,13H,2-4,9-10,14H2,1H3. The maximum absolute atomic E-state index is 12.2. The van der Waals surface area contributed by atoms with E-state index in [4.69, 9.17) is 5.73 Å². The first-order valence-corrected chi connectivity index (χ1v) is 8.00. The summed E-state index contributed by atoms with van der Waals surface area (Å²) >= 11 is 0. The van der Waals surface area contributed by atoms with Gasteiger partial charge in [0, 0.05) is 18.3 Å². The van der Waals surface area contributed by atoms with Crippen molar-refractivity contribution in [2.75, 3.05) is 18.0 Å². The summed E-state index contributed by atoms with van der Waals surface area (Å²) in [5, 5.41) is 0. The van der Waals surface area contributed by atoms with Gasteiger partial charge in [0.05, 0.1) is 5.75 Å². The van der Waals surface area contributed by atoms with Crippen molar-refractivity contribution in [1.82, 2.24) is 4.31 Å². The van der Waals surface area contributed by atoms with Crippen molar-refractivity contribution in [1.29, 1.82) is 0 Å². The van der Waals surface area contributed by atoms with E-state index in [1.807, 2.05) is 31.2 Å². The Balaban J connectivity index is 2.25. The molecule has 2 N–H and O–H groups in total. The fraction of sp³-hybridized carbons (Fsp3) is 0.538. The van der Waals surface area contributed by atoms with Gasteiger partial charge in [-0.2, -0.15) is 4.31 Å². The molecule has 1 saturated heterocycles. The first-order chi connectivity index (χ1) is 8.54. The minimum absolute atomic E-state index is 0.0119. The Kier molecular flexibility index (Phi) is 3.92. The number of sulfonamides is 1. The van der Waals surface area contributed by atoms with E-state index in [0.29, 0.717) is 18.7 Å². The molecule has 0 aliphatic carbocycles. The Morgan fingerprint density at radius 1 is 1.33 bits per heavy atom. The lowest BCUT2D eigenvalue weighted by Crippen LogP contribution is -2.32. The van der Waals surface area contributed by atoms with Crippen LogP contribution in [-0.4, -0.2) is 25.0 Å². The molecule has 0 bridgehead atoms. The number of nitrogens with two attached hydrogens (primary N) is 1. The summed E-state index contributed by atoms with van der Waals surface area (Å²) in [7, 11) is -3.12. The third-order valence-corrected chi connectivity index (χ3v) is 5.42. The fourth-order valence-electron chi connectivity index (χ4n) is 2.50. The van der Waals surface area contributed by atoms with E-state index in [-0.39, 0.29) is 11.8 Å². The Labute approximate surface area is 109 Å². The van der Waals surface area contributed by atoms with Gasteiger partial charge in [-0.15, -0.1) is 0 Å². The zero-order chi connectivity index (χ0) is 13.2. The van der Waals surface area contributed by atoms with Crippen molar-refractivity contribution in [3.63, 3.8) is 0 Å². The van der Waals surface area contributed by atoms with Crippen molar-refractivity contribution in [2.45, 2.75) is 32.2 Å². The first-order valence-electron chi connectivity index (χ1n) is 6.39. The molecule has 5 heteroatoms.